The number of hydrogen-bond acceptors (Lipinski definition) is 2. The van der Waals surface area contributed by atoms with Crippen molar-refractivity contribution in [2.45, 2.75) is 6.42 Å². The Hall–Kier alpha value is -2.22. The zero-order valence-corrected chi connectivity index (χ0v) is 9.43. The van der Waals surface area contributed by atoms with Crippen LogP contribution in [-0.4, -0.2) is 9.97 Å². The molecule has 0 unspecified atom stereocenters. The zero-order chi connectivity index (χ0) is 11.7. The van der Waals surface area contributed by atoms with E-state index in [1.54, 1.807) is 0 Å². The fraction of sp³-hybridized carbons (Fsp3) is 0.0667. The quantitative estimate of drug-likeness (QED) is 0.488. The molecule has 1 heterocycles. The first-order valence-corrected chi connectivity index (χ1v) is 5.64. The highest BCUT2D eigenvalue weighted by molar-refractivity contribution is 5.87. The highest BCUT2D eigenvalue weighted by atomic mass is 14.8. The van der Waals surface area contributed by atoms with Gasteiger partial charge in [-0.05, 0) is 30.2 Å². The molecule has 0 saturated carbocycles. The summed E-state index contributed by atoms with van der Waals surface area (Å²) in [7, 11) is 0. The molecule has 0 aliphatic rings. The molecular weight excluding hydrogens is 208 g/mol. The van der Waals surface area contributed by atoms with E-state index in [4.69, 9.17) is 0 Å². The lowest BCUT2D eigenvalue weighted by atomic mass is 10.1. The van der Waals surface area contributed by atoms with Gasteiger partial charge in [-0.15, -0.1) is 6.58 Å². The molecule has 0 bridgehead atoms. The van der Waals surface area contributed by atoms with Gasteiger partial charge in [0.15, 0.2) is 0 Å². The summed E-state index contributed by atoms with van der Waals surface area (Å²) in [5, 5.41) is 0. The van der Waals surface area contributed by atoms with Crippen molar-refractivity contribution in [3.05, 3.63) is 60.7 Å². The summed E-state index contributed by atoms with van der Waals surface area (Å²) < 4.78 is 0. The molecule has 0 radical (unpaired) electrons. The van der Waals surface area contributed by atoms with Crippen LogP contribution in [0, 0.1) is 0 Å². The Morgan fingerprint density at radius 2 is 1.59 bits per heavy atom. The topological polar surface area (TPSA) is 25.8 Å². The molecule has 0 aliphatic carbocycles. The molecular formula is C15H12N2. The van der Waals surface area contributed by atoms with Crippen molar-refractivity contribution in [2.75, 3.05) is 0 Å². The lowest BCUT2D eigenvalue weighted by molar-refractivity contribution is 1.26. The van der Waals surface area contributed by atoms with Crippen LogP contribution in [0.1, 0.15) is 5.56 Å². The second-order valence-corrected chi connectivity index (χ2v) is 3.99. The van der Waals surface area contributed by atoms with Crippen molar-refractivity contribution in [2.24, 2.45) is 0 Å². The SMILES string of the molecule is C=CCc1cccc2nc3ccccc3nc12. The molecule has 82 valence electrons. The molecule has 0 saturated heterocycles. The molecule has 0 N–H and O–H groups in total. The number of fused-ring (bicyclic) bond motifs is 2. The van der Waals surface area contributed by atoms with Crippen molar-refractivity contribution in [1.29, 1.82) is 0 Å². The van der Waals surface area contributed by atoms with Crippen LogP contribution < -0.4 is 0 Å². The van der Waals surface area contributed by atoms with Crippen LogP contribution in [0.5, 0.6) is 0 Å². The second kappa shape index (κ2) is 3.98. The summed E-state index contributed by atoms with van der Waals surface area (Å²) >= 11 is 0. The first-order chi connectivity index (χ1) is 8.38. The van der Waals surface area contributed by atoms with Crippen LogP contribution in [0.4, 0.5) is 0 Å². The van der Waals surface area contributed by atoms with E-state index in [-0.39, 0.29) is 0 Å². The summed E-state index contributed by atoms with van der Waals surface area (Å²) in [6.07, 6.45) is 2.72. The highest BCUT2D eigenvalue weighted by Gasteiger charge is 2.04. The van der Waals surface area contributed by atoms with E-state index in [1.165, 1.54) is 5.56 Å². The molecule has 0 fully saturated rings. The van der Waals surface area contributed by atoms with Gasteiger partial charge in [0.25, 0.3) is 0 Å². The van der Waals surface area contributed by atoms with E-state index in [9.17, 15) is 0 Å². The van der Waals surface area contributed by atoms with Crippen LogP contribution in [0.15, 0.2) is 55.1 Å². The fourth-order valence-corrected chi connectivity index (χ4v) is 2.02. The summed E-state index contributed by atoms with van der Waals surface area (Å²) in [6, 6.07) is 14.0. The Morgan fingerprint density at radius 3 is 2.35 bits per heavy atom. The van der Waals surface area contributed by atoms with Crippen molar-refractivity contribution in [1.82, 2.24) is 9.97 Å². The molecule has 2 nitrogen and oxygen atoms in total. The van der Waals surface area contributed by atoms with Gasteiger partial charge in [-0.1, -0.05) is 30.3 Å². The third-order valence-electron chi connectivity index (χ3n) is 2.82. The molecule has 0 amide bonds. The molecule has 0 aliphatic heterocycles. The molecule has 3 rings (SSSR count). The van der Waals surface area contributed by atoms with Crippen molar-refractivity contribution < 1.29 is 0 Å². The first-order valence-electron chi connectivity index (χ1n) is 5.64. The van der Waals surface area contributed by atoms with E-state index < -0.39 is 0 Å². The van der Waals surface area contributed by atoms with Crippen LogP contribution in [0.2, 0.25) is 0 Å². The van der Waals surface area contributed by atoms with Crippen LogP contribution in [-0.2, 0) is 6.42 Å². The lowest BCUT2D eigenvalue weighted by Gasteiger charge is -2.04. The number of aromatic nitrogens is 2. The maximum atomic E-state index is 4.69. The number of benzene rings is 2. The first kappa shape index (κ1) is 9.97. The Morgan fingerprint density at radius 1 is 0.882 bits per heavy atom. The Balaban J connectivity index is 2.39. The molecule has 2 heteroatoms. The zero-order valence-electron chi connectivity index (χ0n) is 9.43. The minimum Gasteiger partial charge on any atom is -0.244 e. The standard InChI is InChI=1S/C15H12N2/c1-2-6-11-7-5-10-14-15(11)17-13-9-4-3-8-12(13)16-14/h2-5,7-10H,1,6H2. The van der Waals surface area contributed by atoms with Crippen molar-refractivity contribution in [3.63, 3.8) is 0 Å². The van der Waals surface area contributed by atoms with Gasteiger partial charge in [0.2, 0.25) is 0 Å². The third-order valence-corrected chi connectivity index (χ3v) is 2.82. The minimum atomic E-state index is 0.824. The summed E-state index contributed by atoms with van der Waals surface area (Å²) in [6.45, 7) is 3.78. The van der Waals surface area contributed by atoms with Crippen LogP contribution in [0.25, 0.3) is 22.1 Å². The van der Waals surface area contributed by atoms with E-state index in [0.29, 0.717) is 0 Å². The fourth-order valence-electron chi connectivity index (χ4n) is 2.02. The second-order valence-electron chi connectivity index (χ2n) is 3.99. The van der Waals surface area contributed by atoms with Gasteiger partial charge in [0, 0.05) is 0 Å². The average Bonchev–Trinajstić information content (AvgIpc) is 2.37. The number of nitrogens with zero attached hydrogens (tertiary/aromatic N) is 2. The van der Waals surface area contributed by atoms with E-state index in [2.05, 4.69) is 22.6 Å². The van der Waals surface area contributed by atoms with Gasteiger partial charge in [-0.3, -0.25) is 0 Å². The van der Waals surface area contributed by atoms with Crippen LogP contribution in [0.3, 0.4) is 0 Å². The van der Waals surface area contributed by atoms with Crippen LogP contribution >= 0.6 is 0 Å². The summed E-state index contributed by atoms with van der Waals surface area (Å²) in [5.74, 6) is 0. The maximum Gasteiger partial charge on any atom is 0.0929 e. The summed E-state index contributed by atoms with van der Waals surface area (Å²) in [5.41, 5.74) is 4.98. The lowest BCUT2D eigenvalue weighted by Crippen LogP contribution is -1.91. The van der Waals surface area contributed by atoms with E-state index >= 15 is 0 Å². The molecule has 0 atom stereocenters. The van der Waals surface area contributed by atoms with Gasteiger partial charge in [0.1, 0.15) is 0 Å². The number of para-hydroxylation sites is 3. The van der Waals surface area contributed by atoms with Gasteiger partial charge in [-0.2, -0.15) is 0 Å². The smallest absolute Gasteiger partial charge is 0.0929 e. The predicted molar refractivity (Wildman–Crippen MR) is 70.9 cm³/mol. The monoisotopic (exact) mass is 220 g/mol. The van der Waals surface area contributed by atoms with Gasteiger partial charge >= 0.3 is 0 Å². The molecule has 1 aromatic heterocycles. The minimum absolute atomic E-state index is 0.824. The average molecular weight is 220 g/mol. The summed E-state index contributed by atoms with van der Waals surface area (Å²) in [4.78, 5) is 9.31. The van der Waals surface area contributed by atoms with Crippen molar-refractivity contribution >= 4 is 22.1 Å². The Labute approximate surface area is 99.6 Å². The molecule has 0 spiro atoms. The van der Waals surface area contributed by atoms with Crippen molar-refractivity contribution in [3.8, 4) is 0 Å². The normalized spacial score (nSPS) is 10.8. The van der Waals surface area contributed by atoms with Gasteiger partial charge in [-0.25, -0.2) is 9.97 Å². The van der Waals surface area contributed by atoms with E-state index in [0.717, 1.165) is 28.5 Å². The molecule has 17 heavy (non-hydrogen) atoms. The predicted octanol–water partition coefficient (Wildman–Crippen LogP) is 3.51. The molecule has 3 aromatic rings. The maximum absolute atomic E-state index is 4.69. The number of allylic oxidation sites excluding steroid dienone is 1. The largest absolute Gasteiger partial charge is 0.244 e. The Kier molecular flexibility index (Phi) is 2.33. The number of hydrogen-bond donors (Lipinski definition) is 0. The third kappa shape index (κ3) is 1.68. The highest BCUT2D eigenvalue weighted by Crippen LogP contribution is 2.19. The Bertz CT molecular complexity index is 701. The van der Waals surface area contributed by atoms with Gasteiger partial charge in [0.05, 0.1) is 22.1 Å². The van der Waals surface area contributed by atoms with Gasteiger partial charge < -0.3 is 0 Å². The van der Waals surface area contributed by atoms with E-state index in [1.807, 2.05) is 42.5 Å². The molecule has 2 aromatic carbocycles. The number of rotatable bonds is 2.